The van der Waals surface area contributed by atoms with Crippen LogP contribution in [0.2, 0.25) is 0 Å². The molecular weight excluding hydrogens is 204 g/mol. The van der Waals surface area contributed by atoms with Crippen LogP contribution in [0.25, 0.3) is 23.1 Å². The number of nitrogens with zero attached hydrogens (tertiary/aromatic N) is 6. The summed E-state index contributed by atoms with van der Waals surface area (Å²) in [5, 5.41) is 18.0. The second-order valence-electron chi connectivity index (χ2n) is 2.46. The highest BCUT2D eigenvalue weighted by molar-refractivity contribution is 5.67. The van der Waals surface area contributed by atoms with E-state index in [4.69, 9.17) is 4.42 Å². The van der Waals surface area contributed by atoms with Crippen LogP contribution in [0.1, 0.15) is 0 Å². The molecule has 0 unspecified atom stereocenters. The molecular formula is C6H2N6O3. The van der Waals surface area contributed by atoms with Gasteiger partial charge in [0.15, 0.2) is 5.69 Å². The molecule has 0 aliphatic carbocycles. The largest absolute Gasteiger partial charge is 0.422 e. The highest BCUT2D eigenvalue weighted by Crippen LogP contribution is 2.24. The van der Waals surface area contributed by atoms with E-state index in [1.165, 1.54) is 12.8 Å². The first-order chi connectivity index (χ1) is 7.45. The van der Waals surface area contributed by atoms with E-state index < -0.39 is 0 Å². The van der Waals surface area contributed by atoms with Crippen LogP contribution in [0.5, 0.6) is 0 Å². The summed E-state index contributed by atoms with van der Waals surface area (Å²) < 4.78 is 14.1. The summed E-state index contributed by atoms with van der Waals surface area (Å²) in [5.74, 6) is 0.417. The van der Waals surface area contributed by atoms with E-state index in [0.29, 0.717) is 0 Å². The van der Waals surface area contributed by atoms with Gasteiger partial charge < -0.3 is 8.94 Å². The summed E-state index contributed by atoms with van der Waals surface area (Å²) in [6.45, 7) is 0. The molecule has 0 atom stereocenters. The first kappa shape index (κ1) is 7.79. The Bertz CT molecular complexity index is 492. The van der Waals surface area contributed by atoms with Crippen molar-refractivity contribution in [2.75, 3.05) is 0 Å². The van der Waals surface area contributed by atoms with Crippen molar-refractivity contribution in [3.05, 3.63) is 12.8 Å². The third-order valence-corrected chi connectivity index (χ3v) is 1.62. The van der Waals surface area contributed by atoms with Crippen LogP contribution in [-0.4, -0.2) is 30.7 Å². The topological polar surface area (TPSA) is 117 Å². The second-order valence-corrected chi connectivity index (χ2v) is 2.46. The lowest BCUT2D eigenvalue weighted by Crippen LogP contribution is -1.86. The van der Waals surface area contributed by atoms with Gasteiger partial charge in [0.05, 0.1) is 0 Å². The molecule has 0 saturated heterocycles. The van der Waals surface area contributed by atoms with E-state index in [2.05, 4.69) is 39.8 Å². The lowest BCUT2D eigenvalue weighted by atomic mass is 10.3. The standard InChI is InChI=1S/C6H2N6O3/c1-7-5(12-14-1)3-4(11-15-10-3)6-9-8-2-13-6/h1-2H. The summed E-state index contributed by atoms with van der Waals surface area (Å²) in [7, 11) is 0. The van der Waals surface area contributed by atoms with Gasteiger partial charge in [-0.2, -0.15) is 4.98 Å². The molecule has 0 aliphatic rings. The Morgan fingerprint density at radius 3 is 2.67 bits per heavy atom. The van der Waals surface area contributed by atoms with Crippen molar-refractivity contribution in [2.24, 2.45) is 0 Å². The summed E-state index contributed by atoms with van der Waals surface area (Å²) in [4.78, 5) is 3.80. The predicted molar refractivity (Wildman–Crippen MR) is 40.9 cm³/mol. The first-order valence-corrected chi connectivity index (χ1v) is 3.81. The van der Waals surface area contributed by atoms with Crippen LogP contribution < -0.4 is 0 Å². The maximum atomic E-state index is 4.95. The molecule has 9 heteroatoms. The van der Waals surface area contributed by atoms with Crippen LogP contribution in [0.3, 0.4) is 0 Å². The molecule has 3 rings (SSSR count). The van der Waals surface area contributed by atoms with Crippen LogP contribution in [0.15, 0.2) is 26.4 Å². The number of hydrogen-bond acceptors (Lipinski definition) is 9. The Morgan fingerprint density at radius 2 is 1.93 bits per heavy atom. The minimum atomic E-state index is 0.177. The maximum absolute atomic E-state index is 4.95. The molecule has 3 aromatic rings. The minimum Gasteiger partial charge on any atom is -0.422 e. The van der Waals surface area contributed by atoms with E-state index in [0.717, 1.165) is 0 Å². The Kier molecular flexibility index (Phi) is 1.54. The Balaban J connectivity index is 2.15. The molecule has 0 amide bonds. The van der Waals surface area contributed by atoms with Crippen molar-refractivity contribution in [3.63, 3.8) is 0 Å². The van der Waals surface area contributed by atoms with Crippen LogP contribution in [-0.2, 0) is 0 Å². The smallest absolute Gasteiger partial charge is 0.272 e. The fourth-order valence-electron chi connectivity index (χ4n) is 1.03. The average molecular weight is 206 g/mol. The molecule has 0 aliphatic heterocycles. The zero-order chi connectivity index (χ0) is 10.1. The lowest BCUT2D eigenvalue weighted by Gasteiger charge is -1.86. The van der Waals surface area contributed by atoms with Gasteiger partial charge in [-0.1, -0.05) is 5.16 Å². The van der Waals surface area contributed by atoms with Crippen molar-refractivity contribution in [1.82, 2.24) is 30.7 Å². The Morgan fingerprint density at radius 1 is 1.00 bits per heavy atom. The monoisotopic (exact) mass is 206 g/mol. The first-order valence-electron chi connectivity index (χ1n) is 3.81. The quantitative estimate of drug-likeness (QED) is 0.577. The second kappa shape index (κ2) is 2.97. The van der Waals surface area contributed by atoms with Gasteiger partial charge in [0.1, 0.15) is 0 Å². The van der Waals surface area contributed by atoms with E-state index >= 15 is 0 Å². The van der Waals surface area contributed by atoms with Crippen LogP contribution in [0, 0.1) is 0 Å². The van der Waals surface area contributed by atoms with E-state index in [1.54, 1.807) is 0 Å². The molecule has 9 nitrogen and oxygen atoms in total. The van der Waals surface area contributed by atoms with E-state index in [1.807, 2.05) is 0 Å². The Hall–Kier alpha value is -2.58. The van der Waals surface area contributed by atoms with Crippen molar-refractivity contribution >= 4 is 0 Å². The van der Waals surface area contributed by atoms with Gasteiger partial charge >= 0.3 is 0 Å². The highest BCUT2D eigenvalue weighted by atomic mass is 16.6. The highest BCUT2D eigenvalue weighted by Gasteiger charge is 2.21. The average Bonchev–Trinajstić information content (AvgIpc) is 3.01. The zero-order valence-corrected chi connectivity index (χ0v) is 7.06. The van der Waals surface area contributed by atoms with Crippen LogP contribution in [0.4, 0.5) is 0 Å². The molecule has 3 aromatic heterocycles. The maximum Gasteiger partial charge on any atom is 0.272 e. The molecule has 3 heterocycles. The normalized spacial score (nSPS) is 10.7. The van der Waals surface area contributed by atoms with Crippen molar-refractivity contribution in [3.8, 4) is 23.1 Å². The fourth-order valence-corrected chi connectivity index (χ4v) is 1.03. The zero-order valence-electron chi connectivity index (χ0n) is 7.06. The van der Waals surface area contributed by atoms with Gasteiger partial charge in [-0.05, 0) is 10.3 Å². The lowest BCUT2D eigenvalue weighted by molar-refractivity contribution is 0.308. The van der Waals surface area contributed by atoms with Gasteiger partial charge in [0.25, 0.3) is 5.89 Å². The number of hydrogen-bond donors (Lipinski definition) is 0. The van der Waals surface area contributed by atoms with Crippen molar-refractivity contribution in [1.29, 1.82) is 0 Å². The molecule has 0 fully saturated rings. The molecule has 0 saturated carbocycles. The third-order valence-electron chi connectivity index (χ3n) is 1.62. The molecule has 0 N–H and O–H groups in total. The molecule has 74 valence electrons. The number of aromatic nitrogens is 6. The molecule has 0 spiro atoms. The SMILES string of the molecule is c1nc(-c2nonc2-c2nnco2)no1. The Labute approximate surface area is 81.1 Å². The van der Waals surface area contributed by atoms with Gasteiger partial charge in [-0.25, -0.2) is 4.63 Å². The number of rotatable bonds is 2. The minimum absolute atomic E-state index is 0.177. The summed E-state index contributed by atoms with van der Waals surface area (Å²) in [5.41, 5.74) is 0.557. The molecule has 0 bridgehead atoms. The summed E-state index contributed by atoms with van der Waals surface area (Å²) in [6.07, 6.45) is 2.34. The predicted octanol–water partition coefficient (Wildman–Crippen LogP) is 0.170. The van der Waals surface area contributed by atoms with Crippen molar-refractivity contribution in [2.45, 2.75) is 0 Å². The van der Waals surface area contributed by atoms with Gasteiger partial charge in [0.2, 0.25) is 24.3 Å². The van der Waals surface area contributed by atoms with Gasteiger partial charge in [-0.15, -0.1) is 10.2 Å². The van der Waals surface area contributed by atoms with E-state index in [-0.39, 0.29) is 23.1 Å². The fraction of sp³-hybridized carbons (Fsp3) is 0. The summed E-state index contributed by atoms with van der Waals surface area (Å²) >= 11 is 0. The molecule has 0 aromatic carbocycles. The van der Waals surface area contributed by atoms with Gasteiger partial charge in [-0.3, -0.25) is 0 Å². The molecule has 15 heavy (non-hydrogen) atoms. The third kappa shape index (κ3) is 1.17. The van der Waals surface area contributed by atoms with Gasteiger partial charge in [0, 0.05) is 0 Å². The van der Waals surface area contributed by atoms with Crippen LogP contribution >= 0.6 is 0 Å². The summed E-state index contributed by atoms with van der Waals surface area (Å²) in [6, 6.07) is 0. The van der Waals surface area contributed by atoms with E-state index in [9.17, 15) is 0 Å². The molecule has 0 radical (unpaired) electrons. The van der Waals surface area contributed by atoms with Crippen molar-refractivity contribution < 1.29 is 13.6 Å².